The SMILES string of the molecule is CCCNP(=O)(OCc1oc(=O)oc1C(C)(C)C)OCC1CC(C)C(n2cnc3c(OCC)nc(N)nc32)O1. The number of anilines is 1. The molecule has 0 bridgehead atoms. The van der Waals surface area contributed by atoms with Gasteiger partial charge >= 0.3 is 13.6 Å². The molecule has 4 heterocycles. The predicted octanol–water partition coefficient (Wildman–Crippen LogP) is 3.92. The van der Waals surface area contributed by atoms with Crippen LogP contribution in [-0.4, -0.2) is 45.4 Å². The minimum Gasteiger partial charge on any atom is -0.476 e. The summed E-state index contributed by atoms with van der Waals surface area (Å²) in [5.41, 5.74) is 6.38. The number of ether oxygens (including phenoxy) is 2. The molecule has 0 aliphatic carbocycles. The molecule has 216 valence electrons. The van der Waals surface area contributed by atoms with Crippen molar-refractivity contribution in [3.8, 4) is 5.88 Å². The summed E-state index contributed by atoms with van der Waals surface area (Å²) >= 11 is 0. The molecule has 4 atom stereocenters. The van der Waals surface area contributed by atoms with Crippen molar-refractivity contribution in [1.29, 1.82) is 0 Å². The number of rotatable bonds is 12. The van der Waals surface area contributed by atoms with Gasteiger partial charge in [-0.15, -0.1) is 0 Å². The van der Waals surface area contributed by atoms with Crippen molar-refractivity contribution in [2.24, 2.45) is 5.92 Å². The second-order valence-corrected chi connectivity index (χ2v) is 12.3. The maximum absolute atomic E-state index is 13.6. The van der Waals surface area contributed by atoms with Crippen LogP contribution < -0.4 is 21.4 Å². The molecular formula is C24H37N6O8P. The molecule has 1 fully saturated rings. The van der Waals surface area contributed by atoms with Crippen molar-refractivity contribution in [3.63, 3.8) is 0 Å². The first-order valence-electron chi connectivity index (χ1n) is 13.0. The molecule has 1 aliphatic rings. The topological polar surface area (TPSA) is 179 Å². The van der Waals surface area contributed by atoms with Crippen LogP contribution in [0.1, 0.15) is 72.1 Å². The van der Waals surface area contributed by atoms with Gasteiger partial charge in [0.05, 0.1) is 25.6 Å². The molecule has 0 radical (unpaired) electrons. The maximum atomic E-state index is 13.6. The molecule has 14 nitrogen and oxygen atoms in total. The molecule has 1 saturated heterocycles. The van der Waals surface area contributed by atoms with Gasteiger partial charge in [-0.05, 0) is 19.8 Å². The molecule has 4 rings (SSSR count). The van der Waals surface area contributed by atoms with Gasteiger partial charge in [0.15, 0.2) is 22.7 Å². The fourth-order valence-electron chi connectivity index (χ4n) is 4.37. The molecule has 1 aliphatic heterocycles. The van der Waals surface area contributed by atoms with Gasteiger partial charge in [-0.25, -0.2) is 19.4 Å². The predicted molar refractivity (Wildman–Crippen MR) is 141 cm³/mol. The van der Waals surface area contributed by atoms with Crippen LogP contribution in [0.15, 0.2) is 20.0 Å². The lowest BCUT2D eigenvalue weighted by molar-refractivity contribution is -0.0281. The monoisotopic (exact) mass is 568 g/mol. The zero-order chi connectivity index (χ0) is 28.4. The first-order valence-corrected chi connectivity index (χ1v) is 14.5. The maximum Gasteiger partial charge on any atom is 0.519 e. The Morgan fingerprint density at radius 3 is 2.69 bits per heavy atom. The van der Waals surface area contributed by atoms with Gasteiger partial charge < -0.3 is 24.0 Å². The van der Waals surface area contributed by atoms with Crippen LogP contribution in [0.25, 0.3) is 11.2 Å². The highest BCUT2D eigenvalue weighted by Crippen LogP contribution is 2.46. The Balaban J connectivity index is 1.45. The summed E-state index contributed by atoms with van der Waals surface area (Å²) in [5, 5.41) is 2.85. The molecule has 0 spiro atoms. The van der Waals surface area contributed by atoms with Gasteiger partial charge in [0.25, 0.3) is 0 Å². The highest BCUT2D eigenvalue weighted by atomic mass is 31.2. The Morgan fingerprint density at radius 1 is 1.23 bits per heavy atom. The number of imidazole rings is 1. The molecule has 0 amide bonds. The molecule has 3 aromatic heterocycles. The quantitative estimate of drug-likeness (QED) is 0.301. The average molecular weight is 569 g/mol. The van der Waals surface area contributed by atoms with E-state index in [4.69, 9.17) is 33.1 Å². The molecule has 0 saturated carbocycles. The highest BCUT2D eigenvalue weighted by Gasteiger charge is 2.37. The fraction of sp³-hybridized carbons (Fsp3) is 0.667. The largest absolute Gasteiger partial charge is 0.519 e. The summed E-state index contributed by atoms with van der Waals surface area (Å²) in [6.45, 7) is 12.0. The highest BCUT2D eigenvalue weighted by molar-refractivity contribution is 7.51. The Labute approximate surface area is 226 Å². The van der Waals surface area contributed by atoms with Crippen molar-refractivity contribution >= 4 is 24.9 Å². The van der Waals surface area contributed by atoms with Crippen molar-refractivity contribution in [2.45, 2.75) is 78.7 Å². The second kappa shape index (κ2) is 11.8. The molecule has 15 heteroatoms. The smallest absolute Gasteiger partial charge is 0.476 e. The summed E-state index contributed by atoms with van der Waals surface area (Å²) in [6, 6.07) is 0. The summed E-state index contributed by atoms with van der Waals surface area (Å²) in [4.78, 5) is 24.6. The lowest BCUT2D eigenvalue weighted by atomic mass is 9.92. The van der Waals surface area contributed by atoms with Gasteiger partial charge in [0.1, 0.15) is 12.8 Å². The van der Waals surface area contributed by atoms with Gasteiger partial charge in [-0.3, -0.25) is 13.6 Å². The summed E-state index contributed by atoms with van der Waals surface area (Å²) in [5.74, 6) is 0.0903. The normalized spacial score (nSPS) is 21.4. The van der Waals surface area contributed by atoms with E-state index >= 15 is 0 Å². The van der Waals surface area contributed by atoms with Gasteiger partial charge in [0.2, 0.25) is 11.8 Å². The molecule has 3 aromatic rings. The van der Waals surface area contributed by atoms with E-state index in [2.05, 4.69) is 20.0 Å². The van der Waals surface area contributed by atoms with E-state index in [1.807, 2.05) is 41.5 Å². The van der Waals surface area contributed by atoms with E-state index in [0.717, 1.165) is 0 Å². The zero-order valence-corrected chi connectivity index (χ0v) is 24.0. The summed E-state index contributed by atoms with van der Waals surface area (Å²) < 4.78 is 49.0. The van der Waals surface area contributed by atoms with Crippen LogP contribution in [-0.2, 0) is 30.4 Å². The number of fused-ring (bicyclic) bond motifs is 1. The Morgan fingerprint density at radius 2 is 2.00 bits per heavy atom. The van der Waals surface area contributed by atoms with Crippen molar-refractivity contribution < 1.29 is 31.9 Å². The van der Waals surface area contributed by atoms with Crippen molar-refractivity contribution in [1.82, 2.24) is 24.6 Å². The lowest BCUT2D eigenvalue weighted by Crippen LogP contribution is -2.21. The van der Waals surface area contributed by atoms with Crippen LogP contribution >= 0.6 is 7.75 Å². The standard InChI is InChI=1S/C24H37N6O8P/c1-7-9-27-39(32,35-12-16-18(24(4,5)6)38-23(31)37-16)34-11-15-10-14(3)21(36-15)30-13-26-17-19(30)28-22(25)29-20(17)33-8-2/h13-15,21H,7-12H2,1-6H3,(H,27,32)(H2,25,28,29). The van der Waals surface area contributed by atoms with Crippen LogP contribution in [0.2, 0.25) is 0 Å². The lowest BCUT2D eigenvalue weighted by Gasteiger charge is -2.22. The molecule has 3 N–H and O–H groups in total. The number of hydrogen-bond acceptors (Lipinski definition) is 12. The van der Waals surface area contributed by atoms with E-state index in [-0.39, 0.29) is 36.9 Å². The number of hydrogen-bond donors (Lipinski definition) is 2. The third-order valence-electron chi connectivity index (χ3n) is 6.09. The zero-order valence-electron chi connectivity index (χ0n) is 23.1. The summed E-state index contributed by atoms with van der Waals surface area (Å²) in [7, 11) is -3.78. The number of nitrogens with one attached hydrogen (secondary N) is 1. The minimum absolute atomic E-state index is 0.00421. The van der Waals surface area contributed by atoms with E-state index in [0.29, 0.717) is 48.8 Å². The molecule has 39 heavy (non-hydrogen) atoms. The number of nitrogen functional groups attached to an aromatic ring is 1. The second-order valence-electron chi connectivity index (χ2n) is 10.4. The third kappa shape index (κ3) is 6.69. The number of nitrogens with two attached hydrogens (primary N) is 1. The van der Waals surface area contributed by atoms with Gasteiger partial charge in [0, 0.05) is 17.9 Å². The number of nitrogens with zero attached hydrogens (tertiary/aromatic N) is 4. The van der Waals surface area contributed by atoms with E-state index in [1.54, 1.807) is 10.9 Å². The third-order valence-corrected chi connectivity index (χ3v) is 7.66. The van der Waals surface area contributed by atoms with Crippen LogP contribution in [0.4, 0.5) is 5.95 Å². The van der Waals surface area contributed by atoms with Gasteiger partial charge in [-0.2, -0.15) is 9.97 Å². The number of aromatic nitrogens is 4. The Hall–Kier alpha value is -2.77. The van der Waals surface area contributed by atoms with E-state index < -0.39 is 25.2 Å². The van der Waals surface area contributed by atoms with Crippen LogP contribution in [0.5, 0.6) is 5.88 Å². The van der Waals surface area contributed by atoms with Crippen molar-refractivity contribution in [3.05, 3.63) is 28.5 Å². The van der Waals surface area contributed by atoms with Crippen LogP contribution in [0.3, 0.4) is 0 Å². The average Bonchev–Trinajstić information content (AvgIpc) is 3.56. The molecular weight excluding hydrogens is 531 g/mol. The first-order chi connectivity index (χ1) is 18.4. The molecule has 4 unspecified atom stereocenters. The van der Waals surface area contributed by atoms with Crippen LogP contribution in [0, 0.1) is 5.92 Å². The van der Waals surface area contributed by atoms with E-state index in [1.165, 1.54) is 0 Å². The van der Waals surface area contributed by atoms with Crippen molar-refractivity contribution in [2.75, 3.05) is 25.5 Å². The first kappa shape index (κ1) is 29.2. The van der Waals surface area contributed by atoms with Gasteiger partial charge in [-0.1, -0.05) is 34.6 Å². The summed E-state index contributed by atoms with van der Waals surface area (Å²) in [6.07, 6.45) is 2.15. The Bertz CT molecular complexity index is 1380. The fourth-order valence-corrected chi connectivity index (χ4v) is 5.78. The minimum atomic E-state index is -3.78. The Kier molecular flexibility index (Phi) is 8.82. The molecule has 0 aromatic carbocycles. The van der Waals surface area contributed by atoms with E-state index in [9.17, 15) is 9.36 Å².